The number of hydrogen-bond acceptors (Lipinski definition) is 5. The number of hydrogen-bond donors (Lipinski definition) is 1. The zero-order valence-electron chi connectivity index (χ0n) is 9.39. The molecule has 0 unspecified atom stereocenters. The number of nitrogens with one attached hydrogen (secondary N) is 1. The van der Waals surface area contributed by atoms with Crippen LogP contribution in [0.25, 0.3) is 0 Å². The monoisotopic (exact) mass is 223 g/mol. The maximum atomic E-state index is 11.0. The molecule has 7 heteroatoms. The number of aryl methyl sites for hydroxylation is 2. The fourth-order valence-electron chi connectivity index (χ4n) is 1.83. The van der Waals surface area contributed by atoms with Crippen LogP contribution in [-0.2, 0) is 7.05 Å². The summed E-state index contributed by atoms with van der Waals surface area (Å²) in [6, 6.07) is 0.213. The summed E-state index contributed by atoms with van der Waals surface area (Å²) in [6.07, 6.45) is 0. The third-order valence-electron chi connectivity index (χ3n) is 2.50. The average molecular weight is 223 g/mol. The number of amidine groups is 1. The lowest BCUT2D eigenvalue weighted by Gasteiger charge is -2.05. The normalized spacial score (nSPS) is 19.4. The predicted molar refractivity (Wildman–Crippen MR) is 58.6 cm³/mol. The zero-order valence-corrected chi connectivity index (χ0v) is 9.39. The van der Waals surface area contributed by atoms with Crippen molar-refractivity contribution in [1.82, 2.24) is 15.1 Å². The quantitative estimate of drug-likeness (QED) is 0.580. The summed E-state index contributed by atoms with van der Waals surface area (Å²) in [7, 11) is 1.68. The summed E-state index contributed by atoms with van der Waals surface area (Å²) in [5, 5.41) is 18.1. The van der Waals surface area contributed by atoms with Gasteiger partial charge in [0.1, 0.15) is 5.69 Å². The van der Waals surface area contributed by atoms with E-state index >= 15 is 0 Å². The van der Waals surface area contributed by atoms with E-state index in [0.717, 1.165) is 0 Å². The number of aliphatic imine (C=N–C) groups is 1. The Morgan fingerprint density at radius 2 is 2.31 bits per heavy atom. The summed E-state index contributed by atoms with van der Waals surface area (Å²) in [6.45, 7) is 4.24. The van der Waals surface area contributed by atoms with Gasteiger partial charge < -0.3 is 5.32 Å². The van der Waals surface area contributed by atoms with Crippen molar-refractivity contribution in [3.63, 3.8) is 0 Å². The van der Waals surface area contributed by atoms with Crippen LogP contribution in [0.3, 0.4) is 0 Å². The van der Waals surface area contributed by atoms with Crippen molar-refractivity contribution in [2.24, 2.45) is 12.0 Å². The Morgan fingerprint density at radius 3 is 2.81 bits per heavy atom. The highest BCUT2D eigenvalue weighted by Gasteiger charge is 2.30. The molecule has 0 aromatic carbocycles. The molecule has 2 rings (SSSR count). The lowest BCUT2D eigenvalue weighted by Crippen LogP contribution is -2.29. The van der Waals surface area contributed by atoms with E-state index in [1.807, 2.05) is 6.92 Å². The Morgan fingerprint density at radius 1 is 1.62 bits per heavy atom. The molecule has 0 fully saturated rings. The van der Waals surface area contributed by atoms with Crippen molar-refractivity contribution in [2.45, 2.75) is 19.9 Å². The minimum Gasteiger partial charge on any atom is -0.364 e. The predicted octanol–water partition coefficient (Wildman–Crippen LogP) is 0.375. The minimum atomic E-state index is -0.412. The molecule has 0 aliphatic carbocycles. The second kappa shape index (κ2) is 3.58. The van der Waals surface area contributed by atoms with Crippen LogP contribution >= 0.6 is 0 Å². The minimum absolute atomic E-state index is 0.0304. The third kappa shape index (κ3) is 1.54. The van der Waals surface area contributed by atoms with Crippen LogP contribution in [0.4, 0.5) is 5.69 Å². The lowest BCUT2D eigenvalue weighted by molar-refractivity contribution is -0.385. The Bertz CT molecular complexity index is 476. The molecule has 0 spiro atoms. The molecule has 86 valence electrons. The molecule has 0 saturated heterocycles. The van der Waals surface area contributed by atoms with E-state index < -0.39 is 4.92 Å². The first-order valence-electron chi connectivity index (χ1n) is 5.00. The number of aromatic nitrogens is 2. The average Bonchev–Trinajstić information content (AvgIpc) is 2.69. The first-order chi connectivity index (χ1) is 7.50. The van der Waals surface area contributed by atoms with E-state index in [-0.39, 0.29) is 11.7 Å². The van der Waals surface area contributed by atoms with Gasteiger partial charge in [-0.25, -0.2) is 0 Å². The van der Waals surface area contributed by atoms with E-state index in [2.05, 4.69) is 15.4 Å². The van der Waals surface area contributed by atoms with Crippen LogP contribution in [0.2, 0.25) is 0 Å². The SMILES string of the molecule is Cc1nn(C)c(C2=NC[C@@H](C)N2)c1[N+](=O)[O-]. The number of rotatable bonds is 2. The van der Waals surface area contributed by atoms with Gasteiger partial charge in [-0.15, -0.1) is 0 Å². The van der Waals surface area contributed by atoms with Gasteiger partial charge in [0.25, 0.3) is 0 Å². The van der Waals surface area contributed by atoms with Crippen LogP contribution in [0.15, 0.2) is 4.99 Å². The molecule has 0 bridgehead atoms. The van der Waals surface area contributed by atoms with E-state index in [1.54, 1.807) is 14.0 Å². The van der Waals surface area contributed by atoms with Crippen molar-refractivity contribution in [2.75, 3.05) is 6.54 Å². The molecule has 1 atom stereocenters. The van der Waals surface area contributed by atoms with Gasteiger partial charge in [-0.3, -0.25) is 19.8 Å². The number of nitro groups is 1. The Balaban J connectivity index is 2.52. The van der Waals surface area contributed by atoms with Gasteiger partial charge >= 0.3 is 5.69 Å². The largest absolute Gasteiger partial charge is 0.364 e. The first-order valence-corrected chi connectivity index (χ1v) is 5.00. The van der Waals surface area contributed by atoms with Gasteiger partial charge in [0.2, 0.25) is 0 Å². The third-order valence-corrected chi connectivity index (χ3v) is 2.50. The van der Waals surface area contributed by atoms with Crippen molar-refractivity contribution in [3.05, 3.63) is 21.5 Å². The summed E-state index contributed by atoms with van der Waals surface area (Å²) in [5.74, 6) is 0.558. The highest BCUT2D eigenvalue weighted by Crippen LogP contribution is 2.23. The van der Waals surface area contributed by atoms with Crippen LogP contribution in [-0.4, -0.2) is 33.1 Å². The Labute approximate surface area is 92.3 Å². The molecular formula is C9H13N5O2. The van der Waals surface area contributed by atoms with E-state index in [0.29, 0.717) is 23.8 Å². The van der Waals surface area contributed by atoms with Crippen LogP contribution < -0.4 is 5.32 Å². The van der Waals surface area contributed by atoms with Crippen LogP contribution in [0.5, 0.6) is 0 Å². The van der Waals surface area contributed by atoms with Crippen LogP contribution in [0, 0.1) is 17.0 Å². The fraction of sp³-hybridized carbons (Fsp3) is 0.556. The molecule has 1 aliphatic rings. The Kier molecular flexibility index (Phi) is 2.37. The summed E-state index contributed by atoms with van der Waals surface area (Å²) >= 11 is 0. The van der Waals surface area contributed by atoms with Crippen molar-refractivity contribution < 1.29 is 4.92 Å². The maximum Gasteiger partial charge on any atom is 0.320 e. The number of nitrogens with zero attached hydrogens (tertiary/aromatic N) is 4. The second-order valence-corrected chi connectivity index (χ2v) is 3.90. The second-order valence-electron chi connectivity index (χ2n) is 3.90. The molecule has 16 heavy (non-hydrogen) atoms. The molecule has 1 N–H and O–H groups in total. The van der Waals surface area contributed by atoms with Crippen molar-refractivity contribution in [3.8, 4) is 0 Å². The first kappa shape index (κ1) is 10.6. The highest BCUT2D eigenvalue weighted by molar-refractivity contribution is 6.02. The summed E-state index contributed by atoms with van der Waals surface area (Å²) in [5.41, 5.74) is 0.890. The molecule has 0 saturated carbocycles. The van der Waals surface area contributed by atoms with Crippen molar-refractivity contribution >= 4 is 11.5 Å². The van der Waals surface area contributed by atoms with E-state index in [9.17, 15) is 10.1 Å². The smallest absolute Gasteiger partial charge is 0.320 e. The molecule has 0 amide bonds. The molecule has 1 aliphatic heterocycles. The van der Waals surface area contributed by atoms with E-state index in [4.69, 9.17) is 0 Å². The van der Waals surface area contributed by atoms with Gasteiger partial charge in [0, 0.05) is 13.1 Å². The summed E-state index contributed by atoms with van der Waals surface area (Å²) in [4.78, 5) is 14.8. The van der Waals surface area contributed by atoms with Gasteiger partial charge in [-0.05, 0) is 13.8 Å². The topological polar surface area (TPSA) is 85.3 Å². The fourth-order valence-corrected chi connectivity index (χ4v) is 1.83. The molecular weight excluding hydrogens is 210 g/mol. The van der Waals surface area contributed by atoms with Gasteiger partial charge in [0.15, 0.2) is 11.5 Å². The molecule has 7 nitrogen and oxygen atoms in total. The van der Waals surface area contributed by atoms with Gasteiger partial charge in [-0.1, -0.05) is 0 Å². The zero-order chi connectivity index (χ0) is 11.9. The van der Waals surface area contributed by atoms with Gasteiger partial charge in [-0.2, -0.15) is 5.10 Å². The maximum absolute atomic E-state index is 11.0. The standard InChI is InChI=1S/C9H13N5O2/c1-5-4-10-9(11-5)8-7(14(15)16)6(2)12-13(8)3/h5H,4H2,1-3H3,(H,10,11)/t5-/m1/s1. The van der Waals surface area contributed by atoms with Crippen molar-refractivity contribution in [1.29, 1.82) is 0 Å². The lowest BCUT2D eigenvalue weighted by atomic mass is 10.3. The molecule has 0 radical (unpaired) electrons. The highest BCUT2D eigenvalue weighted by atomic mass is 16.6. The molecule has 2 heterocycles. The molecule has 1 aromatic rings. The van der Waals surface area contributed by atoms with E-state index in [1.165, 1.54) is 4.68 Å². The molecule has 1 aromatic heterocycles. The van der Waals surface area contributed by atoms with Gasteiger partial charge in [0.05, 0.1) is 11.5 Å². The Hall–Kier alpha value is -1.92. The van der Waals surface area contributed by atoms with Crippen LogP contribution in [0.1, 0.15) is 18.3 Å². The summed E-state index contributed by atoms with van der Waals surface area (Å²) < 4.78 is 1.50.